The number of amides is 1. The highest BCUT2D eigenvalue weighted by molar-refractivity contribution is 6.30. The molecule has 2 rings (SSSR count). The summed E-state index contributed by atoms with van der Waals surface area (Å²) < 4.78 is 5.31. The first-order chi connectivity index (χ1) is 10.7. The van der Waals surface area contributed by atoms with Gasteiger partial charge >= 0.3 is 0 Å². The summed E-state index contributed by atoms with van der Waals surface area (Å²) in [6.45, 7) is -0.0683. The fourth-order valence-electron chi connectivity index (χ4n) is 1.71. The molecular formula is C17H17ClN2O2. The van der Waals surface area contributed by atoms with Crippen molar-refractivity contribution in [3.05, 3.63) is 77.5 Å². The van der Waals surface area contributed by atoms with Gasteiger partial charge in [0.05, 0.1) is 0 Å². The highest BCUT2D eigenvalue weighted by atomic mass is 35.5. The van der Waals surface area contributed by atoms with E-state index in [4.69, 9.17) is 16.3 Å². The summed E-state index contributed by atoms with van der Waals surface area (Å²) in [4.78, 5) is 11.6. The van der Waals surface area contributed by atoms with Gasteiger partial charge in [-0.1, -0.05) is 48.0 Å². The molecule has 0 aliphatic rings. The Labute approximate surface area is 134 Å². The predicted octanol–water partition coefficient (Wildman–Crippen LogP) is 3.10. The summed E-state index contributed by atoms with van der Waals surface area (Å²) in [6, 6.07) is 16.9. The van der Waals surface area contributed by atoms with Crippen LogP contribution in [0.25, 0.3) is 0 Å². The van der Waals surface area contributed by atoms with Crippen molar-refractivity contribution < 1.29 is 9.53 Å². The fourth-order valence-corrected chi connectivity index (χ4v) is 1.83. The van der Waals surface area contributed by atoms with Crippen LogP contribution >= 0.6 is 11.6 Å². The lowest BCUT2D eigenvalue weighted by atomic mass is 10.1. The van der Waals surface area contributed by atoms with Crippen molar-refractivity contribution in [3.8, 4) is 5.75 Å². The third-order valence-corrected chi connectivity index (χ3v) is 3.04. The van der Waals surface area contributed by atoms with Gasteiger partial charge in [0, 0.05) is 11.2 Å². The van der Waals surface area contributed by atoms with E-state index in [1.807, 2.05) is 36.4 Å². The molecule has 22 heavy (non-hydrogen) atoms. The molecule has 2 aromatic carbocycles. The molecule has 2 aromatic rings. The molecule has 0 saturated carbocycles. The summed E-state index contributed by atoms with van der Waals surface area (Å²) in [7, 11) is 0. The van der Waals surface area contributed by atoms with Crippen molar-refractivity contribution in [2.45, 2.75) is 6.42 Å². The summed E-state index contributed by atoms with van der Waals surface area (Å²) >= 11 is 5.76. The Morgan fingerprint density at radius 2 is 1.82 bits per heavy atom. The van der Waals surface area contributed by atoms with E-state index in [0.29, 0.717) is 10.8 Å². The molecule has 0 bridgehead atoms. The van der Waals surface area contributed by atoms with Gasteiger partial charge in [-0.05, 0) is 36.2 Å². The van der Waals surface area contributed by atoms with Crippen molar-refractivity contribution in [2.24, 2.45) is 0 Å². The fraction of sp³-hybridized carbons (Fsp3) is 0.118. The average Bonchev–Trinajstić information content (AvgIpc) is 2.55. The minimum Gasteiger partial charge on any atom is -0.484 e. The van der Waals surface area contributed by atoms with E-state index in [-0.39, 0.29) is 12.5 Å². The second-order valence-electron chi connectivity index (χ2n) is 4.53. The van der Waals surface area contributed by atoms with Gasteiger partial charge in [0.2, 0.25) is 0 Å². The van der Waals surface area contributed by atoms with E-state index in [1.54, 1.807) is 30.5 Å². The third-order valence-electron chi connectivity index (χ3n) is 2.79. The monoisotopic (exact) mass is 316 g/mol. The van der Waals surface area contributed by atoms with E-state index in [1.165, 1.54) is 5.56 Å². The standard InChI is InChI=1S/C17H17ClN2O2/c18-15-8-10-16(11-9-15)22-13-17(21)20-19-12-4-7-14-5-2-1-3-6-14/h1-6,8-12,19H,7,13H2,(H,20,21)/b12-4+. The Bertz CT molecular complexity index is 612. The van der Waals surface area contributed by atoms with Crippen LogP contribution in [-0.4, -0.2) is 12.5 Å². The zero-order valence-corrected chi connectivity index (χ0v) is 12.7. The Balaban J connectivity index is 1.62. The number of carbonyl (C=O) groups is 1. The first-order valence-corrected chi connectivity index (χ1v) is 7.23. The lowest BCUT2D eigenvalue weighted by Crippen LogP contribution is -2.37. The zero-order chi connectivity index (χ0) is 15.6. The number of carbonyl (C=O) groups excluding carboxylic acids is 1. The number of allylic oxidation sites excluding steroid dienone is 1. The van der Waals surface area contributed by atoms with Crippen LogP contribution in [0, 0.1) is 0 Å². The van der Waals surface area contributed by atoms with Crippen LogP contribution in [0.1, 0.15) is 5.56 Å². The molecule has 0 aliphatic carbocycles. The lowest BCUT2D eigenvalue weighted by molar-refractivity contribution is -0.123. The van der Waals surface area contributed by atoms with Crippen LogP contribution < -0.4 is 15.6 Å². The topological polar surface area (TPSA) is 50.4 Å². The number of benzene rings is 2. The maximum absolute atomic E-state index is 11.6. The van der Waals surface area contributed by atoms with Gasteiger partial charge in [-0.3, -0.25) is 10.2 Å². The molecule has 4 nitrogen and oxygen atoms in total. The van der Waals surface area contributed by atoms with Gasteiger partial charge in [-0.15, -0.1) is 0 Å². The van der Waals surface area contributed by atoms with Gasteiger partial charge in [-0.25, -0.2) is 0 Å². The highest BCUT2D eigenvalue weighted by Gasteiger charge is 2.00. The second kappa shape index (κ2) is 8.74. The first kappa shape index (κ1) is 15.9. The lowest BCUT2D eigenvalue weighted by Gasteiger charge is -2.07. The van der Waals surface area contributed by atoms with Gasteiger partial charge in [0.15, 0.2) is 6.61 Å². The molecule has 0 saturated heterocycles. The molecule has 0 spiro atoms. The molecule has 0 aromatic heterocycles. The van der Waals surface area contributed by atoms with Crippen molar-refractivity contribution in [1.82, 2.24) is 10.9 Å². The van der Waals surface area contributed by atoms with Crippen molar-refractivity contribution in [3.63, 3.8) is 0 Å². The molecule has 2 N–H and O–H groups in total. The van der Waals surface area contributed by atoms with E-state index in [0.717, 1.165) is 6.42 Å². The first-order valence-electron chi connectivity index (χ1n) is 6.86. The molecule has 0 radical (unpaired) electrons. The van der Waals surface area contributed by atoms with E-state index in [9.17, 15) is 4.79 Å². The zero-order valence-electron chi connectivity index (χ0n) is 12.0. The van der Waals surface area contributed by atoms with Crippen molar-refractivity contribution in [2.75, 3.05) is 6.61 Å². The SMILES string of the molecule is O=C(COc1ccc(Cl)cc1)NN/C=C/Cc1ccccc1. The molecule has 114 valence electrons. The number of rotatable bonds is 7. The molecule has 1 amide bonds. The maximum Gasteiger partial charge on any atom is 0.276 e. The molecule has 0 unspecified atom stereocenters. The molecular weight excluding hydrogens is 300 g/mol. The maximum atomic E-state index is 11.6. The Morgan fingerprint density at radius 3 is 2.55 bits per heavy atom. The largest absolute Gasteiger partial charge is 0.484 e. The van der Waals surface area contributed by atoms with Crippen LogP contribution in [0.5, 0.6) is 5.75 Å². The number of halogens is 1. The number of hydrogen-bond donors (Lipinski definition) is 2. The average molecular weight is 317 g/mol. The number of hydrogen-bond acceptors (Lipinski definition) is 3. The summed E-state index contributed by atoms with van der Waals surface area (Å²) in [6.07, 6.45) is 4.41. The second-order valence-corrected chi connectivity index (χ2v) is 4.96. The predicted molar refractivity (Wildman–Crippen MR) is 87.5 cm³/mol. The number of ether oxygens (including phenoxy) is 1. The van der Waals surface area contributed by atoms with Crippen molar-refractivity contribution in [1.29, 1.82) is 0 Å². The van der Waals surface area contributed by atoms with Crippen LogP contribution in [0.2, 0.25) is 5.02 Å². The molecule has 0 fully saturated rings. The summed E-state index contributed by atoms with van der Waals surface area (Å²) in [5, 5.41) is 0.627. The summed E-state index contributed by atoms with van der Waals surface area (Å²) in [5.41, 5.74) is 6.45. The molecule has 0 heterocycles. The van der Waals surface area contributed by atoms with E-state index < -0.39 is 0 Å². The number of hydrazine groups is 1. The Morgan fingerprint density at radius 1 is 1.09 bits per heavy atom. The molecule has 5 heteroatoms. The minimum atomic E-state index is -0.265. The normalized spacial score (nSPS) is 10.4. The summed E-state index contributed by atoms with van der Waals surface area (Å²) in [5.74, 6) is 0.332. The quantitative estimate of drug-likeness (QED) is 0.772. The molecule has 0 aliphatic heterocycles. The minimum absolute atomic E-state index is 0.0683. The molecule has 0 atom stereocenters. The van der Waals surface area contributed by atoms with Gasteiger partial charge in [0.25, 0.3) is 5.91 Å². The van der Waals surface area contributed by atoms with Crippen LogP contribution in [0.3, 0.4) is 0 Å². The number of nitrogens with one attached hydrogen (secondary N) is 2. The van der Waals surface area contributed by atoms with Gasteiger partial charge in [0.1, 0.15) is 5.75 Å². The third kappa shape index (κ3) is 5.89. The van der Waals surface area contributed by atoms with E-state index in [2.05, 4.69) is 10.9 Å². The van der Waals surface area contributed by atoms with Crippen LogP contribution in [-0.2, 0) is 11.2 Å². The van der Waals surface area contributed by atoms with Crippen molar-refractivity contribution >= 4 is 17.5 Å². The van der Waals surface area contributed by atoms with Crippen LogP contribution in [0.4, 0.5) is 0 Å². The Kier molecular flexibility index (Phi) is 6.33. The highest BCUT2D eigenvalue weighted by Crippen LogP contribution is 2.15. The Hall–Kier alpha value is -2.46. The van der Waals surface area contributed by atoms with E-state index >= 15 is 0 Å². The smallest absolute Gasteiger partial charge is 0.276 e. The van der Waals surface area contributed by atoms with Gasteiger partial charge < -0.3 is 10.2 Å². The van der Waals surface area contributed by atoms with Gasteiger partial charge in [-0.2, -0.15) is 0 Å². The van der Waals surface area contributed by atoms with Crippen LogP contribution in [0.15, 0.2) is 66.9 Å².